The smallest absolute Gasteiger partial charge is 0.416 e. The van der Waals surface area contributed by atoms with Crippen molar-refractivity contribution in [2.75, 3.05) is 19.7 Å². The second kappa shape index (κ2) is 9.44. The quantitative estimate of drug-likeness (QED) is 0.481. The van der Waals surface area contributed by atoms with Crippen LogP contribution in [0.15, 0.2) is 46.8 Å². The number of aliphatic hydroxyl groups is 1. The third-order valence-corrected chi connectivity index (χ3v) is 4.27. The maximum atomic E-state index is 12.6. The van der Waals surface area contributed by atoms with E-state index in [1.54, 1.807) is 11.3 Å². The molecule has 2 rings (SSSR count). The second-order valence-electron chi connectivity index (χ2n) is 5.47. The van der Waals surface area contributed by atoms with Gasteiger partial charge in [0, 0.05) is 11.4 Å². The summed E-state index contributed by atoms with van der Waals surface area (Å²) in [6.45, 7) is 0.413. The van der Waals surface area contributed by atoms with Crippen LogP contribution in [0.4, 0.5) is 13.2 Å². The lowest BCUT2D eigenvalue weighted by Crippen LogP contribution is -2.34. The van der Waals surface area contributed by atoms with E-state index in [1.807, 2.05) is 17.5 Å². The van der Waals surface area contributed by atoms with E-state index in [-0.39, 0.29) is 24.9 Å². The third kappa shape index (κ3) is 6.93. The Labute approximate surface area is 153 Å². The largest absolute Gasteiger partial charge is 0.491 e. The van der Waals surface area contributed by atoms with Gasteiger partial charge in [0.15, 0.2) is 5.96 Å². The van der Waals surface area contributed by atoms with Gasteiger partial charge in [-0.3, -0.25) is 4.99 Å². The van der Waals surface area contributed by atoms with E-state index in [9.17, 15) is 18.3 Å². The lowest BCUT2D eigenvalue weighted by Gasteiger charge is -2.13. The Bertz CT molecular complexity index is 706. The van der Waals surface area contributed by atoms with Gasteiger partial charge in [-0.05, 0) is 36.1 Å². The van der Waals surface area contributed by atoms with E-state index in [0.717, 1.165) is 18.6 Å². The molecule has 0 spiro atoms. The van der Waals surface area contributed by atoms with Crippen LogP contribution in [0, 0.1) is 0 Å². The van der Waals surface area contributed by atoms with Crippen LogP contribution in [0.5, 0.6) is 5.75 Å². The van der Waals surface area contributed by atoms with Gasteiger partial charge in [-0.25, -0.2) is 0 Å². The summed E-state index contributed by atoms with van der Waals surface area (Å²) in [6.07, 6.45) is -4.61. The van der Waals surface area contributed by atoms with Crippen LogP contribution in [0.2, 0.25) is 0 Å². The van der Waals surface area contributed by atoms with Gasteiger partial charge in [-0.2, -0.15) is 13.2 Å². The van der Waals surface area contributed by atoms with Crippen LogP contribution in [0.3, 0.4) is 0 Å². The van der Waals surface area contributed by atoms with Crippen molar-refractivity contribution < 1.29 is 23.0 Å². The molecule has 0 saturated heterocycles. The van der Waals surface area contributed by atoms with Crippen LogP contribution < -0.4 is 15.8 Å². The van der Waals surface area contributed by atoms with Crippen LogP contribution in [0.25, 0.3) is 0 Å². The number of rotatable bonds is 8. The highest BCUT2D eigenvalue weighted by atomic mass is 32.1. The second-order valence-corrected chi connectivity index (χ2v) is 6.50. The number of hydrogen-bond acceptors (Lipinski definition) is 4. The van der Waals surface area contributed by atoms with Gasteiger partial charge in [-0.15, -0.1) is 11.3 Å². The number of nitrogens with one attached hydrogen (secondary N) is 1. The minimum atomic E-state index is -4.44. The first-order valence-electron chi connectivity index (χ1n) is 7.89. The summed E-state index contributed by atoms with van der Waals surface area (Å²) in [6, 6.07) is 8.48. The number of guanidine groups is 1. The van der Waals surface area contributed by atoms with Gasteiger partial charge in [0.1, 0.15) is 18.5 Å². The number of ether oxygens (including phenoxy) is 1. The number of thiophene rings is 1. The average Bonchev–Trinajstić information content (AvgIpc) is 3.11. The Kier molecular flexibility index (Phi) is 7.28. The Morgan fingerprint density at radius 1 is 1.31 bits per heavy atom. The Morgan fingerprint density at radius 3 is 2.81 bits per heavy atom. The van der Waals surface area contributed by atoms with Crippen molar-refractivity contribution in [1.29, 1.82) is 0 Å². The topological polar surface area (TPSA) is 79.9 Å². The first-order valence-corrected chi connectivity index (χ1v) is 8.77. The summed E-state index contributed by atoms with van der Waals surface area (Å²) in [5, 5.41) is 14.8. The summed E-state index contributed by atoms with van der Waals surface area (Å²) in [5.41, 5.74) is 4.90. The fraction of sp³-hybridized carbons (Fsp3) is 0.353. The molecule has 1 heterocycles. The van der Waals surface area contributed by atoms with Gasteiger partial charge in [-0.1, -0.05) is 12.1 Å². The molecular formula is C17H20F3N3O2S. The van der Waals surface area contributed by atoms with Crippen LogP contribution in [-0.2, 0) is 12.6 Å². The summed E-state index contributed by atoms with van der Waals surface area (Å²) >= 11 is 1.65. The maximum absolute atomic E-state index is 12.6. The molecule has 0 aliphatic rings. The molecule has 0 saturated carbocycles. The number of aliphatic imine (C=N–C) groups is 1. The molecule has 0 aliphatic heterocycles. The Balaban J connectivity index is 1.71. The van der Waals surface area contributed by atoms with E-state index < -0.39 is 17.8 Å². The summed E-state index contributed by atoms with van der Waals surface area (Å²) in [4.78, 5) is 5.21. The number of nitrogens with zero attached hydrogens (tertiary/aromatic N) is 1. The molecule has 0 radical (unpaired) electrons. The van der Waals surface area contributed by atoms with Crippen molar-refractivity contribution in [3.63, 3.8) is 0 Å². The summed E-state index contributed by atoms with van der Waals surface area (Å²) in [5.74, 6) is 0.226. The molecule has 1 unspecified atom stereocenters. The van der Waals surface area contributed by atoms with Gasteiger partial charge in [0.2, 0.25) is 0 Å². The summed E-state index contributed by atoms with van der Waals surface area (Å²) in [7, 11) is 0. The van der Waals surface area contributed by atoms with Crippen LogP contribution >= 0.6 is 11.3 Å². The van der Waals surface area contributed by atoms with Crippen molar-refractivity contribution in [3.8, 4) is 5.75 Å². The zero-order valence-electron chi connectivity index (χ0n) is 13.9. The number of halogens is 3. The molecule has 5 nitrogen and oxygen atoms in total. The van der Waals surface area contributed by atoms with E-state index in [2.05, 4.69) is 10.3 Å². The van der Waals surface area contributed by atoms with Crippen molar-refractivity contribution >= 4 is 17.3 Å². The maximum Gasteiger partial charge on any atom is 0.416 e. The SMILES string of the molecule is NC(=NCC(O)COc1cccc(C(F)(F)F)c1)NCCc1cccs1. The highest BCUT2D eigenvalue weighted by molar-refractivity contribution is 7.09. The zero-order valence-corrected chi connectivity index (χ0v) is 14.7. The van der Waals surface area contributed by atoms with Crippen LogP contribution in [-0.4, -0.2) is 36.9 Å². The predicted octanol–water partition coefficient (Wildman–Crippen LogP) is 2.65. The van der Waals surface area contributed by atoms with E-state index in [1.165, 1.54) is 17.0 Å². The van der Waals surface area contributed by atoms with Crippen molar-refractivity contribution in [1.82, 2.24) is 5.32 Å². The molecule has 1 atom stereocenters. The molecule has 142 valence electrons. The lowest BCUT2D eigenvalue weighted by molar-refractivity contribution is -0.137. The lowest BCUT2D eigenvalue weighted by atomic mass is 10.2. The van der Waals surface area contributed by atoms with Gasteiger partial charge in [0.25, 0.3) is 0 Å². The van der Waals surface area contributed by atoms with Gasteiger partial charge in [0.05, 0.1) is 12.1 Å². The fourth-order valence-corrected chi connectivity index (χ4v) is 2.74. The molecule has 4 N–H and O–H groups in total. The standard InChI is InChI=1S/C17H20F3N3O2S/c18-17(19,20)12-3-1-4-14(9-12)25-11-13(24)10-23-16(21)22-7-6-15-5-2-8-26-15/h1-5,8-9,13,24H,6-7,10-11H2,(H3,21,22,23). The highest BCUT2D eigenvalue weighted by Gasteiger charge is 2.30. The molecule has 0 bridgehead atoms. The normalized spacial score (nSPS) is 13.5. The van der Waals surface area contributed by atoms with E-state index in [4.69, 9.17) is 10.5 Å². The van der Waals surface area contributed by atoms with Crippen molar-refractivity contribution in [2.45, 2.75) is 18.7 Å². The first-order chi connectivity index (χ1) is 12.3. The molecule has 0 amide bonds. The number of nitrogens with two attached hydrogens (primary N) is 1. The minimum absolute atomic E-state index is 0.0171. The molecule has 0 aliphatic carbocycles. The molecule has 1 aromatic carbocycles. The molecule has 9 heteroatoms. The monoisotopic (exact) mass is 387 g/mol. The number of aliphatic hydroxyl groups excluding tert-OH is 1. The molecular weight excluding hydrogens is 367 g/mol. The Hall–Kier alpha value is -2.26. The highest BCUT2D eigenvalue weighted by Crippen LogP contribution is 2.31. The number of hydrogen-bond donors (Lipinski definition) is 3. The van der Waals surface area contributed by atoms with E-state index >= 15 is 0 Å². The predicted molar refractivity (Wildman–Crippen MR) is 95.5 cm³/mol. The molecule has 26 heavy (non-hydrogen) atoms. The zero-order chi connectivity index (χ0) is 19.0. The Morgan fingerprint density at radius 2 is 2.12 bits per heavy atom. The molecule has 0 fully saturated rings. The third-order valence-electron chi connectivity index (χ3n) is 3.33. The van der Waals surface area contributed by atoms with Gasteiger partial charge < -0.3 is 20.9 Å². The summed E-state index contributed by atoms with van der Waals surface area (Å²) < 4.78 is 43.1. The molecule has 1 aromatic heterocycles. The molecule has 2 aromatic rings. The van der Waals surface area contributed by atoms with Crippen LogP contribution in [0.1, 0.15) is 10.4 Å². The van der Waals surface area contributed by atoms with E-state index in [0.29, 0.717) is 6.54 Å². The number of benzene rings is 1. The minimum Gasteiger partial charge on any atom is -0.491 e. The van der Waals surface area contributed by atoms with Crippen molar-refractivity contribution in [2.24, 2.45) is 10.7 Å². The van der Waals surface area contributed by atoms with Crippen molar-refractivity contribution in [3.05, 3.63) is 52.2 Å². The first kappa shape index (κ1) is 20.1. The van der Waals surface area contributed by atoms with Gasteiger partial charge >= 0.3 is 6.18 Å². The average molecular weight is 387 g/mol. The fourth-order valence-electron chi connectivity index (χ4n) is 2.04. The number of alkyl halides is 3.